The molecule has 3 rings (SSSR count). The molecule has 0 aliphatic carbocycles. The second kappa shape index (κ2) is 5.74. The summed E-state index contributed by atoms with van der Waals surface area (Å²) in [7, 11) is 0. The van der Waals surface area contributed by atoms with Crippen molar-refractivity contribution in [2.75, 3.05) is 26.2 Å². The molecule has 0 aromatic carbocycles. The number of nitrogens with two attached hydrogens (primary N) is 1. The highest BCUT2D eigenvalue weighted by molar-refractivity contribution is 5.44. The standard InChI is InChI=1S/C13H18N4O3/c1-2-17-5-6-18-11(8-17)12-15-13(20-16-12)10-4-3-9(7-14)19-10/h3-4,11H,2,5-8,14H2,1H3. The van der Waals surface area contributed by atoms with Crippen molar-refractivity contribution in [1.29, 1.82) is 0 Å². The van der Waals surface area contributed by atoms with Crippen LogP contribution in [0.5, 0.6) is 0 Å². The number of nitrogens with zero attached hydrogens (tertiary/aromatic N) is 3. The second-order valence-electron chi connectivity index (χ2n) is 4.68. The minimum absolute atomic E-state index is 0.148. The topological polar surface area (TPSA) is 90.5 Å². The van der Waals surface area contributed by atoms with Crippen molar-refractivity contribution in [1.82, 2.24) is 15.0 Å². The van der Waals surface area contributed by atoms with Gasteiger partial charge in [0.2, 0.25) is 5.82 Å². The van der Waals surface area contributed by atoms with E-state index in [9.17, 15) is 0 Å². The Labute approximate surface area is 116 Å². The Bertz CT molecular complexity index is 565. The summed E-state index contributed by atoms with van der Waals surface area (Å²) in [5.41, 5.74) is 5.51. The first kappa shape index (κ1) is 13.3. The summed E-state index contributed by atoms with van der Waals surface area (Å²) >= 11 is 0. The van der Waals surface area contributed by atoms with Gasteiger partial charge in [-0.05, 0) is 18.7 Å². The van der Waals surface area contributed by atoms with Crippen LogP contribution in [0.2, 0.25) is 0 Å². The van der Waals surface area contributed by atoms with Crippen molar-refractivity contribution in [2.24, 2.45) is 5.73 Å². The molecule has 1 unspecified atom stereocenters. The lowest BCUT2D eigenvalue weighted by Gasteiger charge is -2.30. The van der Waals surface area contributed by atoms with Crippen LogP contribution in [0.3, 0.4) is 0 Å². The number of furan rings is 1. The number of likely N-dealkylation sites (N-methyl/N-ethyl adjacent to an activating group) is 1. The third-order valence-electron chi connectivity index (χ3n) is 3.40. The molecule has 20 heavy (non-hydrogen) atoms. The lowest BCUT2D eigenvalue weighted by Crippen LogP contribution is -2.38. The highest BCUT2D eigenvalue weighted by atomic mass is 16.5. The van der Waals surface area contributed by atoms with E-state index in [1.54, 1.807) is 12.1 Å². The Morgan fingerprint density at radius 2 is 2.35 bits per heavy atom. The zero-order valence-corrected chi connectivity index (χ0v) is 11.4. The minimum Gasteiger partial charge on any atom is -0.455 e. The van der Waals surface area contributed by atoms with Crippen molar-refractivity contribution >= 4 is 0 Å². The fourth-order valence-corrected chi connectivity index (χ4v) is 2.21. The van der Waals surface area contributed by atoms with Crippen molar-refractivity contribution in [3.63, 3.8) is 0 Å². The van der Waals surface area contributed by atoms with Gasteiger partial charge in [-0.3, -0.25) is 4.90 Å². The van der Waals surface area contributed by atoms with Crippen LogP contribution in [0.15, 0.2) is 21.1 Å². The summed E-state index contributed by atoms with van der Waals surface area (Å²) in [4.78, 5) is 6.65. The van der Waals surface area contributed by atoms with E-state index in [2.05, 4.69) is 22.0 Å². The molecule has 7 nitrogen and oxygen atoms in total. The molecule has 1 atom stereocenters. The number of ether oxygens (including phenoxy) is 1. The van der Waals surface area contributed by atoms with Gasteiger partial charge in [-0.1, -0.05) is 12.1 Å². The van der Waals surface area contributed by atoms with Crippen molar-refractivity contribution in [2.45, 2.75) is 19.6 Å². The highest BCUT2D eigenvalue weighted by Crippen LogP contribution is 2.24. The fourth-order valence-electron chi connectivity index (χ4n) is 2.21. The van der Waals surface area contributed by atoms with E-state index in [0.29, 0.717) is 36.4 Å². The van der Waals surface area contributed by atoms with Gasteiger partial charge in [0.05, 0.1) is 13.2 Å². The normalized spacial score (nSPS) is 20.4. The first-order valence-corrected chi connectivity index (χ1v) is 6.77. The van der Waals surface area contributed by atoms with Gasteiger partial charge in [-0.2, -0.15) is 4.98 Å². The summed E-state index contributed by atoms with van der Waals surface area (Å²) in [6.07, 6.45) is -0.148. The molecule has 108 valence electrons. The molecule has 0 bridgehead atoms. The molecule has 0 saturated carbocycles. The van der Waals surface area contributed by atoms with Crippen LogP contribution in [0, 0.1) is 0 Å². The summed E-state index contributed by atoms with van der Waals surface area (Å²) in [6, 6.07) is 3.58. The predicted octanol–water partition coefficient (Wildman–Crippen LogP) is 1.18. The van der Waals surface area contributed by atoms with E-state index in [4.69, 9.17) is 19.4 Å². The van der Waals surface area contributed by atoms with E-state index in [1.807, 2.05) is 0 Å². The summed E-state index contributed by atoms with van der Waals surface area (Å²) in [5.74, 6) is 2.14. The first-order valence-electron chi connectivity index (χ1n) is 6.77. The zero-order valence-electron chi connectivity index (χ0n) is 11.4. The number of rotatable bonds is 4. The van der Waals surface area contributed by atoms with Crippen LogP contribution in [-0.4, -0.2) is 41.3 Å². The number of hydrogen-bond donors (Lipinski definition) is 1. The van der Waals surface area contributed by atoms with Crippen LogP contribution in [0.1, 0.15) is 24.6 Å². The third-order valence-corrected chi connectivity index (χ3v) is 3.40. The van der Waals surface area contributed by atoms with Crippen LogP contribution in [0.25, 0.3) is 11.7 Å². The molecule has 7 heteroatoms. The number of aromatic nitrogens is 2. The quantitative estimate of drug-likeness (QED) is 0.898. The third kappa shape index (κ3) is 2.60. The molecule has 0 amide bonds. The van der Waals surface area contributed by atoms with E-state index in [1.165, 1.54) is 0 Å². The maximum Gasteiger partial charge on any atom is 0.293 e. The van der Waals surface area contributed by atoms with Crippen molar-refractivity contribution in [3.8, 4) is 11.7 Å². The molecule has 1 fully saturated rings. The summed E-state index contributed by atoms with van der Waals surface area (Å²) < 4.78 is 16.4. The summed E-state index contributed by atoms with van der Waals surface area (Å²) in [6.45, 7) is 5.86. The molecule has 2 N–H and O–H groups in total. The van der Waals surface area contributed by atoms with Gasteiger partial charge in [-0.25, -0.2) is 0 Å². The molecule has 0 radical (unpaired) electrons. The molecular formula is C13H18N4O3. The highest BCUT2D eigenvalue weighted by Gasteiger charge is 2.26. The van der Waals surface area contributed by atoms with Gasteiger partial charge in [0.15, 0.2) is 5.76 Å². The Balaban J connectivity index is 1.76. The molecule has 0 spiro atoms. The molecule has 3 heterocycles. The molecule has 1 aliphatic rings. The van der Waals surface area contributed by atoms with E-state index in [-0.39, 0.29) is 6.10 Å². The second-order valence-corrected chi connectivity index (χ2v) is 4.68. The maximum atomic E-state index is 5.69. The van der Waals surface area contributed by atoms with Crippen LogP contribution < -0.4 is 5.73 Å². The lowest BCUT2D eigenvalue weighted by molar-refractivity contribution is -0.0334. The Hall–Kier alpha value is -1.70. The van der Waals surface area contributed by atoms with Gasteiger partial charge in [-0.15, -0.1) is 0 Å². The lowest BCUT2D eigenvalue weighted by atomic mass is 10.2. The predicted molar refractivity (Wildman–Crippen MR) is 70.7 cm³/mol. The van der Waals surface area contributed by atoms with E-state index < -0.39 is 0 Å². The molecule has 1 aliphatic heterocycles. The first-order chi connectivity index (χ1) is 9.80. The van der Waals surface area contributed by atoms with Gasteiger partial charge in [0, 0.05) is 13.1 Å². The molecule has 1 saturated heterocycles. The van der Waals surface area contributed by atoms with Gasteiger partial charge < -0.3 is 19.4 Å². The monoisotopic (exact) mass is 278 g/mol. The largest absolute Gasteiger partial charge is 0.455 e. The fraction of sp³-hybridized carbons (Fsp3) is 0.538. The molecular weight excluding hydrogens is 260 g/mol. The van der Waals surface area contributed by atoms with E-state index in [0.717, 1.165) is 19.6 Å². The van der Waals surface area contributed by atoms with Crippen LogP contribution >= 0.6 is 0 Å². The van der Waals surface area contributed by atoms with Gasteiger partial charge in [0.1, 0.15) is 11.9 Å². The van der Waals surface area contributed by atoms with Gasteiger partial charge >= 0.3 is 0 Å². The minimum atomic E-state index is -0.148. The number of morpholine rings is 1. The Morgan fingerprint density at radius 1 is 1.45 bits per heavy atom. The average molecular weight is 278 g/mol. The average Bonchev–Trinajstić information content (AvgIpc) is 3.15. The maximum absolute atomic E-state index is 5.69. The van der Waals surface area contributed by atoms with Crippen molar-refractivity contribution < 1.29 is 13.7 Å². The zero-order chi connectivity index (χ0) is 13.9. The van der Waals surface area contributed by atoms with E-state index >= 15 is 0 Å². The summed E-state index contributed by atoms with van der Waals surface area (Å²) in [5, 5.41) is 3.99. The van der Waals surface area contributed by atoms with Crippen LogP contribution in [-0.2, 0) is 11.3 Å². The SMILES string of the molecule is CCN1CCOC(c2noc(-c3ccc(CN)o3)n2)C1. The smallest absolute Gasteiger partial charge is 0.293 e. The van der Waals surface area contributed by atoms with Gasteiger partial charge in [0.25, 0.3) is 5.89 Å². The Morgan fingerprint density at radius 3 is 3.10 bits per heavy atom. The Kier molecular flexibility index (Phi) is 3.81. The van der Waals surface area contributed by atoms with Crippen LogP contribution in [0.4, 0.5) is 0 Å². The number of hydrogen-bond acceptors (Lipinski definition) is 7. The molecule has 2 aromatic rings. The van der Waals surface area contributed by atoms with Crippen molar-refractivity contribution in [3.05, 3.63) is 23.7 Å². The molecule has 2 aromatic heterocycles.